The number of hydrogen-bond acceptors (Lipinski definition) is 4. The molecule has 1 aliphatic heterocycles. The maximum atomic E-state index is 12.4. The lowest BCUT2D eigenvalue weighted by Crippen LogP contribution is -2.59. The smallest absolute Gasteiger partial charge is 0.416 e. The normalized spacial score (nSPS) is 23.4. The Kier molecular flexibility index (Phi) is 2.90. The summed E-state index contributed by atoms with van der Waals surface area (Å²) in [5, 5.41) is 14.4. The van der Waals surface area contributed by atoms with Crippen LogP contribution in [-0.2, 0) is 12.0 Å². The van der Waals surface area contributed by atoms with Crippen LogP contribution in [0.15, 0.2) is 36.5 Å². The van der Waals surface area contributed by atoms with Gasteiger partial charge in [-0.15, -0.1) is 0 Å². The second-order valence-corrected chi connectivity index (χ2v) is 4.04. The fraction of sp³-hybridized carbons (Fsp3) is 0.182. The Morgan fingerprint density at radius 2 is 1.79 bits per heavy atom. The lowest BCUT2D eigenvalue weighted by Gasteiger charge is -2.35. The van der Waals surface area contributed by atoms with Crippen molar-refractivity contribution in [3.05, 3.63) is 52.9 Å². The second kappa shape index (κ2) is 4.16. The molecule has 5 nitrogen and oxygen atoms in total. The maximum Gasteiger partial charge on any atom is 0.416 e. The highest BCUT2D eigenvalue weighted by Crippen LogP contribution is 2.30. The fourth-order valence-electron chi connectivity index (χ4n) is 1.70. The Bertz CT molecular complexity index is 550. The van der Waals surface area contributed by atoms with Gasteiger partial charge in [-0.3, -0.25) is 11.5 Å². The molecule has 0 bridgehead atoms. The molecule has 0 saturated heterocycles. The van der Waals surface area contributed by atoms with Gasteiger partial charge in [-0.25, -0.2) is 4.74 Å². The third-order valence-corrected chi connectivity index (χ3v) is 2.76. The summed E-state index contributed by atoms with van der Waals surface area (Å²) in [5.74, 6) is -1.86. The van der Waals surface area contributed by atoms with Crippen LogP contribution in [0.4, 0.5) is 13.2 Å². The van der Waals surface area contributed by atoms with Crippen LogP contribution in [0.3, 0.4) is 0 Å². The summed E-state index contributed by atoms with van der Waals surface area (Å²) < 4.78 is 37.6. The Hall–Kier alpha value is -2.22. The molecule has 102 valence electrons. The highest BCUT2D eigenvalue weighted by molar-refractivity contribution is 5.87. The molecule has 0 fully saturated rings. The van der Waals surface area contributed by atoms with Gasteiger partial charge in [-0.05, 0) is 12.1 Å². The average Bonchev–Trinajstić information content (AvgIpc) is 2.35. The number of benzene rings is 1. The molecule has 0 aromatic heterocycles. The van der Waals surface area contributed by atoms with Crippen molar-refractivity contribution in [1.82, 2.24) is 5.32 Å². The van der Waals surface area contributed by atoms with Crippen molar-refractivity contribution < 1.29 is 17.9 Å². The first-order chi connectivity index (χ1) is 8.75. The van der Waals surface area contributed by atoms with Crippen LogP contribution in [0, 0.1) is 5.21 Å². The number of nitrogens with zero attached hydrogens (tertiary/aromatic N) is 1. The molecule has 2 rings (SSSR count). The van der Waals surface area contributed by atoms with Crippen molar-refractivity contribution in [3.8, 4) is 0 Å². The number of hydroxylamine groups is 1. The van der Waals surface area contributed by atoms with E-state index in [0.717, 1.165) is 24.3 Å². The van der Waals surface area contributed by atoms with Crippen LogP contribution in [0.5, 0.6) is 0 Å². The summed E-state index contributed by atoms with van der Waals surface area (Å²) in [6.07, 6.45) is -1.77. The van der Waals surface area contributed by atoms with Gasteiger partial charge in [0.2, 0.25) is 0 Å². The molecular weight excluding hydrogens is 261 g/mol. The number of halogens is 3. The number of hydrogen-bond donors (Lipinski definition) is 3. The number of alkyl halides is 3. The van der Waals surface area contributed by atoms with Crippen molar-refractivity contribution in [2.75, 3.05) is 0 Å². The van der Waals surface area contributed by atoms with E-state index in [9.17, 15) is 18.4 Å². The predicted octanol–water partition coefficient (Wildman–Crippen LogP) is 0.759. The molecule has 5 N–H and O–H groups in total. The summed E-state index contributed by atoms with van der Waals surface area (Å²) in [6.45, 7) is 0. The predicted molar refractivity (Wildman–Crippen MR) is 62.4 cm³/mol. The SMILES string of the molecule is NC1=[N+]([O-])C(N)(c2ccc(C(F)(F)F)cc2)NC=C1. The zero-order chi connectivity index (χ0) is 14.3. The number of amidine groups is 1. The van der Waals surface area contributed by atoms with Gasteiger partial charge in [0.25, 0.3) is 11.6 Å². The van der Waals surface area contributed by atoms with Gasteiger partial charge >= 0.3 is 6.18 Å². The Labute approximate surface area is 106 Å². The maximum absolute atomic E-state index is 12.4. The van der Waals surface area contributed by atoms with Crippen molar-refractivity contribution >= 4 is 5.84 Å². The Morgan fingerprint density at radius 1 is 1.21 bits per heavy atom. The topological polar surface area (TPSA) is 90.1 Å². The van der Waals surface area contributed by atoms with Gasteiger partial charge in [0.05, 0.1) is 5.56 Å². The molecule has 1 heterocycles. The molecule has 1 atom stereocenters. The standard InChI is InChI=1S/C11H11F3N4O/c12-10(13,14)7-1-3-8(4-2-7)11(16)17-6-5-9(15)18(11)19/h1-6,17H,15-16H2. The third kappa shape index (κ3) is 2.22. The highest BCUT2D eigenvalue weighted by atomic mass is 19.4. The van der Waals surface area contributed by atoms with Crippen LogP contribution >= 0.6 is 0 Å². The summed E-state index contributed by atoms with van der Waals surface area (Å²) in [7, 11) is 0. The van der Waals surface area contributed by atoms with E-state index in [4.69, 9.17) is 11.5 Å². The van der Waals surface area contributed by atoms with Crippen molar-refractivity contribution in [2.24, 2.45) is 11.5 Å². The molecule has 1 aromatic rings. The largest absolute Gasteiger partial charge is 0.712 e. The fourth-order valence-corrected chi connectivity index (χ4v) is 1.70. The number of nitrogens with two attached hydrogens (primary N) is 2. The third-order valence-electron chi connectivity index (χ3n) is 2.76. The summed E-state index contributed by atoms with van der Waals surface area (Å²) in [5.41, 5.74) is 10.6. The molecule has 0 spiro atoms. The van der Waals surface area contributed by atoms with Gasteiger partial charge < -0.3 is 10.5 Å². The molecule has 0 saturated carbocycles. The monoisotopic (exact) mass is 272 g/mol. The van der Waals surface area contributed by atoms with E-state index in [2.05, 4.69) is 5.32 Å². The van der Waals surface area contributed by atoms with Crippen LogP contribution in [0.1, 0.15) is 11.1 Å². The molecule has 0 aliphatic carbocycles. The molecule has 0 radical (unpaired) electrons. The van der Waals surface area contributed by atoms with E-state index in [0.29, 0.717) is 4.74 Å². The van der Waals surface area contributed by atoms with Gasteiger partial charge in [0.15, 0.2) is 0 Å². The zero-order valence-corrected chi connectivity index (χ0v) is 9.61. The van der Waals surface area contributed by atoms with Crippen molar-refractivity contribution in [2.45, 2.75) is 12.0 Å². The summed E-state index contributed by atoms with van der Waals surface area (Å²) in [6, 6.07) is 3.97. The van der Waals surface area contributed by atoms with E-state index in [-0.39, 0.29) is 11.4 Å². The minimum atomic E-state index is -4.44. The lowest BCUT2D eigenvalue weighted by atomic mass is 10.0. The molecule has 0 amide bonds. The van der Waals surface area contributed by atoms with E-state index in [1.165, 1.54) is 12.3 Å². The van der Waals surface area contributed by atoms with Crippen LogP contribution in [-0.4, -0.2) is 10.6 Å². The first-order valence-corrected chi connectivity index (χ1v) is 5.26. The highest BCUT2D eigenvalue weighted by Gasteiger charge is 2.36. The summed E-state index contributed by atoms with van der Waals surface area (Å²) in [4.78, 5) is 0. The van der Waals surface area contributed by atoms with Crippen molar-refractivity contribution in [3.63, 3.8) is 0 Å². The molecule has 8 heteroatoms. The average molecular weight is 272 g/mol. The molecule has 1 aliphatic rings. The first kappa shape index (κ1) is 13.2. The quantitative estimate of drug-likeness (QED) is 0.520. The molecule has 1 aromatic carbocycles. The first-order valence-electron chi connectivity index (χ1n) is 5.26. The minimum absolute atomic E-state index is 0.138. The molecular formula is C11H11F3N4O. The molecule has 1 unspecified atom stereocenters. The van der Waals surface area contributed by atoms with Gasteiger partial charge in [0, 0.05) is 17.8 Å². The summed E-state index contributed by atoms with van der Waals surface area (Å²) >= 11 is 0. The Morgan fingerprint density at radius 3 is 2.32 bits per heavy atom. The lowest BCUT2D eigenvalue weighted by molar-refractivity contribution is -0.567. The second-order valence-electron chi connectivity index (χ2n) is 4.04. The van der Waals surface area contributed by atoms with Crippen molar-refractivity contribution in [1.29, 1.82) is 0 Å². The zero-order valence-electron chi connectivity index (χ0n) is 9.61. The van der Waals surface area contributed by atoms with Crippen LogP contribution < -0.4 is 16.8 Å². The minimum Gasteiger partial charge on any atom is -0.712 e. The Balaban J connectivity index is 2.41. The van der Waals surface area contributed by atoms with E-state index >= 15 is 0 Å². The molecule has 19 heavy (non-hydrogen) atoms. The van der Waals surface area contributed by atoms with E-state index < -0.39 is 17.5 Å². The van der Waals surface area contributed by atoms with Gasteiger partial charge in [-0.2, -0.15) is 13.2 Å². The van der Waals surface area contributed by atoms with Crippen LogP contribution in [0.25, 0.3) is 0 Å². The van der Waals surface area contributed by atoms with E-state index in [1.807, 2.05) is 0 Å². The van der Waals surface area contributed by atoms with Crippen LogP contribution in [0.2, 0.25) is 0 Å². The van der Waals surface area contributed by atoms with E-state index in [1.54, 1.807) is 0 Å². The number of nitrogens with one attached hydrogen (secondary N) is 1. The number of rotatable bonds is 1. The van der Waals surface area contributed by atoms with Gasteiger partial charge in [0.1, 0.15) is 0 Å². The van der Waals surface area contributed by atoms with Gasteiger partial charge in [-0.1, -0.05) is 12.1 Å².